The summed E-state index contributed by atoms with van der Waals surface area (Å²) in [6.07, 6.45) is 2.68. The molecule has 1 aliphatic heterocycles. The SMILES string of the molecule is Cc1nnc(SC[C@@H]2CCCNC2)s1. The molecule has 0 aliphatic carbocycles. The molecule has 1 saturated heterocycles. The highest BCUT2D eigenvalue weighted by Gasteiger charge is 2.13. The summed E-state index contributed by atoms with van der Waals surface area (Å²) in [6, 6.07) is 0. The van der Waals surface area contributed by atoms with Crippen molar-refractivity contribution in [2.45, 2.75) is 24.1 Å². The predicted molar refractivity (Wildman–Crippen MR) is 61.0 cm³/mol. The topological polar surface area (TPSA) is 37.8 Å². The fourth-order valence-corrected chi connectivity index (χ4v) is 3.57. The molecule has 78 valence electrons. The third-order valence-electron chi connectivity index (χ3n) is 2.35. The maximum atomic E-state index is 4.11. The summed E-state index contributed by atoms with van der Waals surface area (Å²) in [7, 11) is 0. The molecule has 2 heterocycles. The molecule has 1 aliphatic rings. The molecule has 0 amide bonds. The van der Waals surface area contributed by atoms with Crippen molar-refractivity contribution < 1.29 is 0 Å². The Morgan fingerprint density at radius 2 is 2.50 bits per heavy atom. The summed E-state index contributed by atoms with van der Waals surface area (Å²) in [4.78, 5) is 0. The van der Waals surface area contributed by atoms with E-state index in [1.54, 1.807) is 11.3 Å². The van der Waals surface area contributed by atoms with Crippen molar-refractivity contribution in [1.29, 1.82) is 0 Å². The standard InChI is InChI=1S/C9H15N3S2/c1-7-11-12-9(14-7)13-6-8-3-2-4-10-5-8/h8,10H,2-6H2,1H3/t8-/m1/s1. The zero-order valence-corrected chi connectivity index (χ0v) is 9.96. The van der Waals surface area contributed by atoms with Crippen LogP contribution >= 0.6 is 23.1 Å². The van der Waals surface area contributed by atoms with E-state index >= 15 is 0 Å². The molecule has 1 fully saturated rings. The molecular formula is C9H15N3S2. The molecule has 14 heavy (non-hydrogen) atoms. The summed E-state index contributed by atoms with van der Waals surface area (Å²) < 4.78 is 1.12. The minimum Gasteiger partial charge on any atom is -0.316 e. The largest absolute Gasteiger partial charge is 0.316 e. The number of piperidine rings is 1. The van der Waals surface area contributed by atoms with Crippen LogP contribution in [0.15, 0.2) is 4.34 Å². The highest BCUT2D eigenvalue weighted by Crippen LogP contribution is 2.25. The highest BCUT2D eigenvalue weighted by molar-refractivity contribution is 8.01. The molecule has 0 spiro atoms. The lowest BCUT2D eigenvalue weighted by molar-refractivity contribution is 0.410. The Bertz CT molecular complexity index is 281. The van der Waals surface area contributed by atoms with Gasteiger partial charge in [0.25, 0.3) is 0 Å². The van der Waals surface area contributed by atoms with Crippen LogP contribution in [-0.4, -0.2) is 29.0 Å². The van der Waals surface area contributed by atoms with E-state index in [0.29, 0.717) is 0 Å². The zero-order valence-electron chi connectivity index (χ0n) is 8.32. The minimum atomic E-state index is 0.818. The van der Waals surface area contributed by atoms with Crippen molar-refractivity contribution in [2.75, 3.05) is 18.8 Å². The molecule has 0 aromatic carbocycles. The Morgan fingerprint density at radius 3 is 3.14 bits per heavy atom. The van der Waals surface area contributed by atoms with E-state index in [9.17, 15) is 0 Å². The lowest BCUT2D eigenvalue weighted by atomic mass is 10.0. The second-order valence-electron chi connectivity index (χ2n) is 3.61. The first kappa shape index (κ1) is 10.4. The number of rotatable bonds is 3. The van der Waals surface area contributed by atoms with Crippen LogP contribution in [0.5, 0.6) is 0 Å². The first-order valence-corrected chi connectivity index (χ1v) is 6.78. The van der Waals surface area contributed by atoms with E-state index in [1.165, 1.54) is 31.7 Å². The van der Waals surface area contributed by atoms with Crippen LogP contribution in [0.1, 0.15) is 17.8 Å². The van der Waals surface area contributed by atoms with Gasteiger partial charge in [0.05, 0.1) is 0 Å². The molecular weight excluding hydrogens is 214 g/mol. The van der Waals surface area contributed by atoms with Gasteiger partial charge in [0.15, 0.2) is 4.34 Å². The third kappa shape index (κ3) is 2.93. The summed E-state index contributed by atoms with van der Waals surface area (Å²) in [6.45, 7) is 4.37. The van der Waals surface area contributed by atoms with Crippen molar-refractivity contribution >= 4 is 23.1 Å². The number of hydrogen-bond acceptors (Lipinski definition) is 5. The van der Waals surface area contributed by atoms with Gasteiger partial charge in [0.1, 0.15) is 5.01 Å². The van der Waals surface area contributed by atoms with E-state index in [0.717, 1.165) is 15.3 Å². The van der Waals surface area contributed by atoms with E-state index in [-0.39, 0.29) is 0 Å². The van der Waals surface area contributed by atoms with Crippen molar-refractivity contribution in [3.8, 4) is 0 Å². The monoisotopic (exact) mass is 229 g/mol. The third-order valence-corrected chi connectivity index (χ3v) is 4.55. The second kappa shape index (κ2) is 5.09. The van der Waals surface area contributed by atoms with Gasteiger partial charge in [0, 0.05) is 5.75 Å². The molecule has 0 bridgehead atoms. The number of aromatic nitrogens is 2. The lowest BCUT2D eigenvalue weighted by Crippen LogP contribution is -2.30. The molecule has 5 heteroatoms. The number of aryl methyl sites for hydroxylation is 1. The van der Waals surface area contributed by atoms with Gasteiger partial charge in [0.2, 0.25) is 0 Å². The normalized spacial score (nSPS) is 22.5. The van der Waals surface area contributed by atoms with Gasteiger partial charge in [-0.1, -0.05) is 23.1 Å². The fraction of sp³-hybridized carbons (Fsp3) is 0.778. The Balaban J connectivity index is 1.76. The first-order valence-electron chi connectivity index (χ1n) is 4.98. The van der Waals surface area contributed by atoms with Crippen molar-refractivity contribution in [1.82, 2.24) is 15.5 Å². The van der Waals surface area contributed by atoms with Crippen molar-refractivity contribution in [3.63, 3.8) is 0 Å². The summed E-state index contributed by atoms with van der Waals surface area (Å²) in [5, 5.41) is 12.6. The molecule has 1 N–H and O–H groups in total. The smallest absolute Gasteiger partial charge is 0.174 e. The molecule has 1 aromatic rings. The highest BCUT2D eigenvalue weighted by atomic mass is 32.2. The fourth-order valence-electron chi connectivity index (χ4n) is 1.59. The van der Waals surface area contributed by atoms with Gasteiger partial charge >= 0.3 is 0 Å². The molecule has 0 saturated carbocycles. The Kier molecular flexibility index (Phi) is 3.78. The van der Waals surface area contributed by atoms with Crippen molar-refractivity contribution in [3.05, 3.63) is 5.01 Å². The van der Waals surface area contributed by atoms with Crippen molar-refractivity contribution in [2.24, 2.45) is 5.92 Å². The van der Waals surface area contributed by atoms with E-state index < -0.39 is 0 Å². The van der Waals surface area contributed by atoms with Crippen LogP contribution in [0.25, 0.3) is 0 Å². The summed E-state index contributed by atoms with van der Waals surface area (Å²) in [5.41, 5.74) is 0. The van der Waals surface area contributed by atoms with Crippen LogP contribution in [0.3, 0.4) is 0 Å². The number of nitrogens with one attached hydrogen (secondary N) is 1. The Morgan fingerprint density at radius 1 is 1.57 bits per heavy atom. The van der Waals surface area contributed by atoms with E-state index in [2.05, 4.69) is 15.5 Å². The molecule has 0 radical (unpaired) electrons. The Hall–Kier alpha value is -0.130. The number of hydrogen-bond donors (Lipinski definition) is 1. The zero-order chi connectivity index (χ0) is 9.80. The second-order valence-corrected chi connectivity index (χ2v) is 6.06. The van der Waals surface area contributed by atoms with Crippen LogP contribution in [0.4, 0.5) is 0 Å². The van der Waals surface area contributed by atoms with Crippen LogP contribution in [0, 0.1) is 12.8 Å². The molecule has 1 aromatic heterocycles. The van der Waals surface area contributed by atoms with Gasteiger partial charge in [-0.15, -0.1) is 10.2 Å². The van der Waals surface area contributed by atoms with Gasteiger partial charge in [-0.3, -0.25) is 0 Å². The maximum absolute atomic E-state index is 4.11. The minimum absolute atomic E-state index is 0.818. The quantitative estimate of drug-likeness (QED) is 0.804. The van der Waals surface area contributed by atoms with Gasteiger partial charge in [-0.05, 0) is 38.8 Å². The van der Waals surface area contributed by atoms with Crippen LogP contribution < -0.4 is 5.32 Å². The lowest BCUT2D eigenvalue weighted by Gasteiger charge is -2.21. The molecule has 0 unspecified atom stereocenters. The van der Waals surface area contributed by atoms with E-state index in [4.69, 9.17) is 0 Å². The van der Waals surface area contributed by atoms with Crippen LogP contribution in [0.2, 0.25) is 0 Å². The summed E-state index contributed by atoms with van der Waals surface area (Å²) in [5.74, 6) is 2.00. The maximum Gasteiger partial charge on any atom is 0.174 e. The van der Waals surface area contributed by atoms with Gasteiger partial charge < -0.3 is 5.32 Å². The predicted octanol–water partition coefficient (Wildman–Crippen LogP) is 1.94. The van der Waals surface area contributed by atoms with Crippen LogP contribution in [-0.2, 0) is 0 Å². The first-order chi connectivity index (χ1) is 6.84. The average Bonchev–Trinajstić information content (AvgIpc) is 2.63. The molecule has 3 nitrogen and oxygen atoms in total. The summed E-state index contributed by atoms with van der Waals surface area (Å²) >= 11 is 3.55. The molecule has 2 rings (SSSR count). The number of thioether (sulfide) groups is 1. The van der Waals surface area contributed by atoms with Gasteiger partial charge in [-0.2, -0.15) is 0 Å². The number of nitrogens with zero attached hydrogens (tertiary/aromatic N) is 2. The molecule has 1 atom stereocenters. The Labute approximate surface area is 92.7 Å². The van der Waals surface area contributed by atoms with E-state index in [1.807, 2.05) is 18.7 Å². The average molecular weight is 229 g/mol. The van der Waals surface area contributed by atoms with Gasteiger partial charge in [-0.25, -0.2) is 0 Å².